The number of rotatable bonds is 6. The SMILES string of the molecule is COc1cc(-c2oc3cc(O[C@@H]4O[C@H](CO)[C@@H](O)[C@H](O)[C@H]4O)c(OC)c(O)c3c(=O)c2O)ccc1O. The van der Waals surface area contributed by atoms with Gasteiger partial charge in [-0.15, -0.1) is 0 Å². The smallest absolute Gasteiger partial charge is 0.238 e. The Morgan fingerprint density at radius 1 is 0.917 bits per heavy atom. The van der Waals surface area contributed by atoms with Gasteiger partial charge < -0.3 is 59.1 Å². The average molecular weight is 508 g/mol. The predicted molar refractivity (Wildman–Crippen MR) is 120 cm³/mol. The van der Waals surface area contributed by atoms with Crippen LogP contribution in [0.3, 0.4) is 0 Å². The molecule has 0 spiro atoms. The van der Waals surface area contributed by atoms with Gasteiger partial charge in [0.05, 0.1) is 20.8 Å². The lowest BCUT2D eigenvalue weighted by Gasteiger charge is -2.39. The zero-order chi connectivity index (χ0) is 26.3. The monoisotopic (exact) mass is 508 g/mol. The summed E-state index contributed by atoms with van der Waals surface area (Å²) in [5.41, 5.74) is -1.11. The van der Waals surface area contributed by atoms with Gasteiger partial charge in [-0.1, -0.05) is 0 Å². The third-order valence-corrected chi connectivity index (χ3v) is 5.79. The van der Waals surface area contributed by atoms with Crippen molar-refractivity contribution in [2.24, 2.45) is 0 Å². The Hall–Kier alpha value is -3.75. The molecule has 13 heteroatoms. The minimum Gasteiger partial charge on any atom is -0.504 e. The van der Waals surface area contributed by atoms with Crippen molar-refractivity contribution >= 4 is 11.0 Å². The maximum absolute atomic E-state index is 12.9. The van der Waals surface area contributed by atoms with Crippen LogP contribution in [-0.2, 0) is 4.74 Å². The molecule has 0 saturated carbocycles. The van der Waals surface area contributed by atoms with Crippen LogP contribution in [0.5, 0.6) is 34.5 Å². The molecule has 0 unspecified atom stereocenters. The molecule has 4 rings (SSSR count). The fraction of sp³-hybridized carbons (Fsp3) is 0.348. The van der Waals surface area contributed by atoms with Crippen LogP contribution in [0.25, 0.3) is 22.3 Å². The largest absolute Gasteiger partial charge is 0.504 e. The maximum Gasteiger partial charge on any atom is 0.238 e. The molecule has 3 aromatic rings. The first-order valence-corrected chi connectivity index (χ1v) is 10.6. The number of hydrogen-bond acceptors (Lipinski definition) is 13. The molecule has 7 N–H and O–H groups in total. The fourth-order valence-electron chi connectivity index (χ4n) is 3.87. The van der Waals surface area contributed by atoms with E-state index in [-0.39, 0.29) is 39.9 Å². The zero-order valence-electron chi connectivity index (χ0n) is 19.0. The number of hydrogen-bond donors (Lipinski definition) is 7. The quantitative estimate of drug-likeness (QED) is 0.230. The van der Waals surface area contributed by atoms with Gasteiger partial charge in [0.2, 0.25) is 23.2 Å². The Morgan fingerprint density at radius 2 is 1.64 bits per heavy atom. The molecule has 194 valence electrons. The van der Waals surface area contributed by atoms with Crippen LogP contribution in [0.4, 0.5) is 0 Å². The van der Waals surface area contributed by atoms with E-state index in [1.54, 1.807) is 0 Å². The first kappa shape index (κ1) is 25.3. The molecule has 1 aliphatic rings. The molecular weight excluding hydrogens is 484 g/mol. The lowest BCUT2D eigenvalue weighted by atomic mass is 9.99. The van der Waals surface area contributed by atoms with E-state index in [1.807, 2.05) is 0 Å². The second-order valence-electron chi connectivity index (χ2n) is 7.94. The molecule has 36 heavy (non-hydrogen) atoms. The number of aliphatic hydroxyl groups excluding tert-OH is 4. The second-order valence-corrected chi connectivity index (χ2v) is 7.94. The third kappa shape index (κ3) is 4.12. The number of methoxy groups -OCH3 is 2. The molecule has 0 radical (unpaired) electrons. The molecule has 1 aliphatic heterocycles. The molecule has 5 atom stereocenters. The molecule has 1 fully saturated rings. The number of aromatic hydroxyl groups is 3. The molecule has 0 amide bonds. The van der Waals surface area contributed by atoms with Gasteiger partial charge in [0.25, 0.3) is 0 Å². The van der Waals surface area contributed by atoms with E-state index in [4.69, 9.17) is 23.4 Å². The van der Waals surface area contributed by atoms with E-state index >= 15 is 0 Å². The summed E-state index contributed by atoms with van der Waals surface area (Å²) in [7, 11) is 2.46. The number of phenolic OH excluding ortho intramolecular Hbond substituents is 2. The highest BCUT2D eigenvalue weighted by Gasteiger charge is 2.45. The number of fused-ring (bicyclic) bond motifs is 1. The van der Waals surface area contributed by atoms with Crippen molar-refractivity contribution in [1.82, 2.24) is 0 Å². The van der Waals surface area contributed by atoms with Crippen LogP contribution < -0.4 is 19.6 Å². The molecule has 0 aliphatic carbocycles. The van der Waals surface area contributed by atoms with Crippen molar-refractivity contribution in [2.75, 3.05) is 20.8 Å². The van der Waals surface area contributed by atoms with Crippen molar-refractivity contribution in [2.45, 2.75) is 30.7 Å². The second kappa shape index (κ2) is 9.72. The van der Waals surface area contributed by atoms with Gasteiger partial charge >= 0.3 is 0 Å². The van der Waals surface area contributed by atoms with Crippen LogP contribution in [-0.4, -0.2) is 87.3 Å². The molecule has 1 aromatic heterocycles. The van der Waals surface area contributed by atoms with E-state index in [2.05, 4.69) is 0 Å². The maximum atomic E-state index is 12.9. The Morgan fingerprint density at radius 3 is 2.28 bits per heavy atom. The van der Waals surface area contributed by atoms with E-state index in [0.717, 1.165) is 13.2 Å². The lowest BCUT2D eigenvalue weighted by molar-refractivity contribution is -0.277. The molecule has 0 bridgehead atoms. The highest BCUT2D eigenvalue weighted by molar-refractivity contribution is 5.91. The molecular formula is C23H24O13. The summed E-state index contributed by atoms with van der Waals surface area (Å²) < 4.78 is 26.8. The van der Waals surface area contributed by atoms with Gasteiger partial charge in [0.15, 0.2) is 28.8 Å². The Bertz CT molecular complexity index is 1330. The van der Waals surface area contributed by atoms with Crippen LogP contribution >= 0.6 is 0 Å². The summed E-state index contributed by atoms with van der Waals surface area (Å²) in [5.74, 6) is -2.74. The van der Waals surface area contributed by atoms with Crippen LogP contribution in [0.2, 0.25) is 0 Å². The topological polar surface area (TPSA) is 209 Å². The first-order chi connectivity index (χ1) is 17.1. The number of aliphatic hydroxyl groups is 4. The van der Waals surface area contributed by atoms with Crippen molar-refractivity contribution < 1.29 is 59.1 Å². The van der Waals surface area contributed by atoms with E-state index < -0.39 is 59.6 Å². The first-order valence-electron chi connectivity index (χ1n) is 10.6. The van der Waals surface area contributed by atoms with Crippen LogP contribution in [0.15, 0.2) is 33.5 Å². The number of phenols is 2. The highest BCUT2D eigenvalue weighted by atomic mass is 16.7. The third-order valence-electron chi connectivity index (χ3n) is 5.79. The highest BCUT2D eigenvalue weighted by Crippen LogP contribution is 2.45. The molecule has 2 aromatic carbocycles. The fourth-order valence-corrected chi connectivity index (χ4v) is 3.87. The summed E-state index contributed by atoms with van der Waals surface area (Å²) in [5, 5.41) is 70.3. The van der Waals surface area contributed by atoms with Gasteiger partial charge in [0.1, 0.15) is 35.4 Å². The number of ether oxygens (including phenoxy) is 4. The van der Waals surface area contributed by atoms with Crippen molar-refractivity contribution in [3.63, 3.8) is 0 Å². The summed E-state index contributed by atoms with van der Waals surface area (Å²) >= 11 is 0. The number of benzene rings is 2. The van der Waals surface area contributed by atoms with E-state index in [1.165, 1.54) is 25.3 Å². The van der Waals surface area contributed by atoms with Crippen molar-refractivity contribution in [3.8, 4) is 45.8 Å². The van der Waals surface area contributed by atoms with Crippen molar-refractivity contribution in [3.05, 3.63) is 34.5 Å². The van der Waals surface area contributed by atoms with Gasteiger partial charge in [0, 0.05) is 11.6 Å². The average Bonchev–Trinajstić information content (AvgIpc) is 2.86. The van der Waals surface area contributed by atoms with Crippen LogP contribution in [0, 0.1) is 0 Å². The summed E-state index contributed by atoms with van der Waals surface area (Å²) in [6.07, 6.45) is -8.01. The van der Waals surface area contributed by atoms with Gasteiger partial charge in [-0.2, -0.15) is 0 Å². The Labute approximate surface area is 202 Å². The van der Waals surface area contributed by atoms with Crippen LogP contribution in [0.1, 0.15) is 0 Å². The summed E-state index contributed by atoms with van der Waals surface area (Å²) in [4.78, 5) is 12.9. The minimum atomic E-state index is -1.77. The minimum absolute atomic E-state index is 0.0406. The molecule has 1 saturated heterocycles. The van der Waals surface area contributed by atoms with E-state index in [0.29, 0.717) is 0 Å². The van der Waals surface area contributed by atoms with Gasteiger partial charge in [-0.05, 0) is 18.2 Å². The molecule has 13 nitrogen and oxygen atoms in total. The normalized spacial score (nSPS) is 24.0. The Balaban J connectivity index is 1.85. The van der Waals surface area contributed by atoms with E-state index in [9.17, 15) is 40.5 Å². The summed E-state index contributed by atoms with van der Waals surface area (Å²) in [6, 6.07) is 5.05. The standard InChI is InChI=1S/C23H24O13/c1-32-10-5-8(3-4-9(10)25)21-19(30)16(27)14-11(34-21)6-12(22(33-2)17(14)28)35-23-20(31)18(29)15(26)13(7-24)36-23/h3-6,13,15,18,20,23-26,28-31H,7H2,1-2H3/t13-,15-,18+,20-,23-/m1/s1. The van der Waals surface area contributed by atoms with Gasteiger partial charge in [-0.3, -0.25) is 4.79 Å². The lowest BCUT2D eigenvalue weighted by Crippen LogP contribution is -2.60. The van der Waals surface area contributed by atoms with Crippen molar-refractivity contribution in [1.29, 1.82) is 0 Å². The predicted octanol–water partition coefficient (Wildman–Crippen LogP) is -0.227. The summed E-state index contributed by atoms with van der Waals surface area (Å²) in [6.45, 7) is -0.696. The van der Waals surface area contributed by atoms with Gasteiger partial charge in [-0.25, -0.2) is 0 Å². The molecule has 2 heterocycles. The Kier molecular flexibility index (Phi) is 6.84. The zero-order valence-corrected chi connectivity index (χ0v) is 19.0.